The lowest BCUT2D eigenvalue weighted by molar-refractivity contribution is -0.117. The van der Waals surface area contributed by atoms with Gasteiger partial charge in [-0.2, -0.15) is 0 Å². The van der Waals surface area contributed by atoms with E-state index >= 15 is 0 Å². The van der Waals surface area contributed by atoms with Crippen molar-refractivity contribution in [3.63, 3.8) is 0 Å². The Balaban J connectivity index is 1.50. The maximum atomic E-state index is 12.5. The van der Waals surface area contributed by atoms with Crippen LogP contribution in [0.2, 0.25) is 0 Å². The van der Waals surface area contributed by atoms with Gasteiger partial charge >= 0.3 is 0 Å². The monoisotopic (exact) mass is 333 g/mol. The first-order valence-corrected chi connectivity index (χ1v) is 8.41. The van der Waals surface area contributed by atoms with E-state index in [0.717, 1.165) is 35.1 Å². The summed E-state index contributed by atoms with van der Waals surface area (Å²) in [6, 6.07) is 15.3. The van der Waals surface area contributed by atoms with Crippen LogP contribution < -0.4 is 10.2 Å². The van der Waals surface area contributed by atoms with Crippen molar-refractivity contribution in [3.05, 3.63) is 59.8 Å². The zero-order chi connectivity index (χ0) is 17.4. The molecule has 1 saturated heterocycles. The van der Waals surface area contributed by atoms with Gasteiger partial charge in [0.2, 0.25) is 5.91 Å². The third-order valence-electron chi connectivity index (χ3n) is 4.53. The first-order valence-electron chi connectivity index (χ1n) is 8.41. The lowest BCUT2D eigenvalue weighted by Gasteiger charge is -2.16. The standard InChI is InChI=1S/C20H19N3O2/c1-13-4-5-14-12-18(22-17(14)11-13)20(25)21-15-6-8-16(9-7-15)23-10-2-3-19(23)24/h4-9,11-12,22H,2-3,10H2,1H3,(H,21,25). The molecule has 2 aromatic carbocycles. The van der Waals surface area contributed by atoms with Crippen molar-refractivity contribution in [1.29, 1.82) is 0 Å². The third-order valence-corrected chi connectivity index (χ3v) is 4.53. The number of carbonyl (C=O) groups excluding carboxylic acids is 2. The smallest absolute Gasteiger partial charge is 0.272 e. The Morgan fingerprint density at radius 3 is 2.64 bits per heavy atom. The number of benzene rings is 2. The van der Waals surface area contributed by atoms with Crippen LogP contribution in [-0.4, -0.2) is 23.3 Å². The molecule has 0 radical (unpaired) electrons. The van der Waals surface area contributed by atoms with Gasteiger partial charge in [0.25, 0.3) is 5.91 Å². The normalized spacial score (nSPS) is 14.3. The number of aromatic amines is 1. The quantitative estimate of drug-likeness (QED) is 0.764. The molecule has 25 heavy (non-hydrogen) atoms. The highest BCUT2D eigenvalue weighted by Crippen LogP contribution is 2.23. The number of amides is 2. The fraction of sp³-hybridized carbons (Fsp3) is 0.200. The van der Waals surface area contributed by atoms with Crippen LogP contribution >= 0.6 is 0 Å². The Morgan fingerprint density at radius 2 is 1.92 bits per heavy atom. The number of fused-ring (bicyclic) bond motifs is 1. The van der Waals surface area contributed by atoms with Crippen molar-refractivity contribution in [3.8, 4) is 0 Å². The van der Waals surface area contributed by atoms with E-state index in [2.05, 4.69) is 10.3 Å². The van der Waals surface area contributed by atoms with E-state index in [1.165, 1.54) is 0 Å². The number of anilines is 2. The van der Waals surface area contributed by atoms with Crippen LogP contribution in [0.1, 0.15) is 28.9 Å². The van der Waals surface area contributed by atoms with Crippen LogP contribution in [0.4, 0.5) is 11.4 Å². The SMILES string of the molecule is Cc1ccc2cc(C(=O)Nc3ccc(N4CCCC4=O)cc3)[nH]c2c1. The van der Waals surface area contributed by atoms with Gasteiger partial charge in [0.05, 0.1) is 0 Å². The molecule has 0 spiro atoms. The summed E-state index contributed by atoms with van der Waals surface area (Å²) >= 11 is 0. The molecule has 2 amide bonds. The molecule has 0 aliphatic carbocycles. The summed E-state index contributed by atoms with van der Waals surface area (Å²) in [5.41, 5.74) is 4.21. The highest BCUT2D eigenvalue weighted by atomic mass is 16.2. The van der Waals surface area contributed by atoms with Crippen molar-refractivity contribution in [2.45, 2.75) is 19.8 Å². The summed E-state index contributed by atoms with van der Waals surface area (Å²) in [6.07, 6.45) is 1.51. The van der Waals surface area contributed by atoms with Crippen LogP contribution in [0.15, 0.2) is 48.5 Å². The summed E-state index contributed by atoms with van der Waals surface area (Å²) in [5.74, 6) is -0.0241. The van der Waals surface area contributed by atoms with E-state index in [4.69, 9.17) is 0 Å². The molecule has 1 aromatic heterocycles. The van der Waals surface area contributed by atoms with Gasteiger partial charge in [-0.1, -0.05) is 12.1 Å². The van der Waals surface area contributed by atoms with E-state index < -0.39 is 0 Å². The van der Waals surface area contributed by atoms with E-state index in [1.54, 1.807) is 4.90 Å². The van der Waals surface area contributed by atoms with E-state index in [1.807, 2.05) is 55.5 Å². The van der Waals surface area contributed by atoms with Gasteiger partial charge in [-0.3, -0.25) is 9.59 Å². The molecule has 2 heterocycles. The summed E-state index contributed by atoms with van der Waals surface area (Å²) in [5, 5.41) is 3.90. The molecule has 0 unspecified atom stereocenters. The molecule has 3 aromatic rings. The molecule has 2 N–H and O–H groups in total. The van der Waals surface area contributed by atoms with Gasteiger partial charge in [-0.25, -0.2) is 0 Å². The molecular weight excluding hydrogens is 314 g/mol. The number of H-pyrrole nitrogens is 1. The molecular formula is C20H19N3O2. The van der Waals surface area contributed by atoms with E-state index in [-0.39, 0.29) is 11.8 Å². The van der Waals surface area contributed by atoms with Crippen molar-refractivity contribution in [2.75, 3.05) is 16.8 Å². The maximum Gasteiger partial charge on any atom is 0.272 e. The second-order valence-electron chi connectivity index (χ2n) is 6.42. The van der Waals surface area contributed by atoms with E-state index in [0.29, 0.717) is 17.8 Å². The molecule has 4 rings (SSSR count). The van der Waals surface area contributed by atoms with Crippen LogP contribution in [0.5, 0.6) is 0 Å². The van der Waals surface area contributed by atoms with Crippen LogP contribution in [0.3, 0.4) is 0 Å². The molecule has 0 bridgehead atoms. The predicted octanol–water partition coefficient (Wildman–Crippen LogP) is 3.86. The number of carbonyl (C=O) groups is 2. The number of rotatable bonds is 3. The van der Waals surface area contributed by atoms with Gasteiger partial charge in [0, 0.05) is 35.2 Å². The summed E-state index contributed by atoms with van der Waals surface area (Å²) in [7, 11) is 0. The summed E-state index contributed by atoms with van der Waals surface area (Å²) < 4.78 is 0. The molecule has 0 saturated carbocycles. The number of hydrogen-bond acceptors (Lipinski definition) is 2. The topological polar surface area (TPSA) is 65.2 Å². The fourth-order valence-electron chi connectivity index (χ4n) is 3.21. The van der Waals surface area contributed by atoms with Crippen molar-refractivity contribution in [1.82, 2.24) is 4.98 Å². The highest BCUT2D eigenvalue weighted by Gasteiger charge is 2.21. The molecule has 1 fully saturated rings. The lowest BCUT2D eigenvalue weighted by atomic mass is 10.2. The zero-order valence-corrected chi connectivity index (χ0v) is 14.0. The largest absolute Gasteiger partial charge is 0.351 e. The third kappa shape index (κ3) is 3.01. The van der Waals surface area contributed by atoms with Gasteiger partial charge in [0.1, 0.15) is 5.69 Å². The second kappa shape index (κ2) is 6.09. The Morgan fingerprint density at radius 1 is 1.12 bits per heavy atom. The van der Waals surface area contributed by atoms with Gasteiger partial charge < -0.3 is 15.2 Å². The Bertz CT molecular complexity index is 957. The van der Waals surface area contributed by atoms with Gasteiger partial charge in [0.15, 0.2) is 0 Å². The maximum absolute atomic E-state index is 12.5. The Hall–Kier alpha value is -3.08. The number of nitrogens with one attached hydrogen (secondary N) is 2. The average molecular weight is 333 g/mol. The summed E-state index contributed by atoms with van der Waals surface area (Å²) in [4.78, 5) is 29.2. The molecule has 5 nitrogen and oxygen atoms in total. The zero-order valence-electron chi connectivity index (χ0n) is 14.0. The van der Waals surface area contributed by atoms with Crippen LogP contribution in [0.25, 0.3) is 10.9 Å². The minimum atomic E-state index is -0.182. The van der Waals surface area contributed by atoms with Crippen LogP contribution in [-0.2, 0) is 4.79 Å². The predicted molar refractivity (Wildman–Crippen MR) is 99.0 cm³/mol. The minimum absolute atomic E-state index is 0.158. The molecule has 1 aliphatic rings. The second-order valence-corrected chi connectivity index (χ2v) is 6.42. The molecule has 5 heteroatoms. The average Bonchev–Trinajstić information content (AvgIpc) is 3.21. The van der Waals surface area contributed by atoms with Gasteiger partial charge in [-0.15, -0.1) is 0 Å². The number of aryl methyl sites for hydroxylation is 1. The first kappa shape index (κ1) is 15.4. The Labute approximate surface area is 145 Å². The Kier molecular flexibility index (Phi) is 3.76. The minimum Gasteiger partial charge on any atom is -0.351 e. The number of nitrogens with zero attached hydrogens (tertiary/aromatic N) is 1. The van der Waals surface area contributed by atoms with Crippen LogP contribution in [0, 0.1) is 6.92 Å². The van der Waals surface area contributed by atoms with Crippen molar-refractivity contribution < 1.29 is 9.59 Å². The summed E-state index contributed by atoms with van der Waals surface area (Å²) in [6.45, 7) is 2.78. The van der Waals surface area contributed by atoms with Crippen molar-refractivity contribution in [2.24, 2.45) is 0 Å². The lowest BCUT2D eigenvalue weighted by Crippen LogP contribution is -2.23. The van der Waals surface area contributed by atoms with Crippen molar-refractivity contribution >= 4 is 34.1 Å². The highest BCUT2D eigenvalue weighted by molar-refractivity contribution is 6.06. The number of hydrogen-bond donors (Lipinski definition) is 2. The fourth-order valence-corrected chi connectivity index (χ4v) is 3.21. The van der Waals surface area contributed by atoms with Gasteiger partial charge in [-0.05, 0) is 55.3 Å². The molecule has 1 aliphatic heterocycles. The van der Waals surface area contributed by atoms with E-state index in [9.17, 15) is 9.59 Å². The molecule has 0 atom stereocenters. The molecule has 126 valence electrons. The first-order chi connectivity index (χ1) is 12.1. The number of aromatic nitrogens is 1.